The van der Waals surface area contributed by atoms with Gasteiger partial charge >= 0.3 is 0 Å². The number of fused-ring (bicyclic) bond motifs is 1. The van der Waals surface area contributed by atoms with Gasteiger partial charge < -0.3 is 10.0 Å². The van der Waals surface area contributed by atoms with Gasteiger partial charge in [0, 0.05) is 24.0 Å². The average molecular weight is 316 g/mol. The van der Waals surface area contributed by atoms with Gasteiger partial charge in [0.1, 0.15) is 5.60 Å². The van der Waals surface area contributed by atoms with Crippen LogP contribution in [0.2, 0.25) is 0 Å². The summed E-state index contributed by atoms with van der Waals surface area (Å²) in [5.74, 6) is -0.0823. The minimum Gasteiger partial charge on any atom is -0.386 e. The smallest absolute Gasteiger partial charge is 0.274 e. The lowest BCUT2D eigenvalue weighted by molar-refractivity contribution is -0.0389. The number of carbonyl (C=O) groups excluding carboxylic acids is 1. The van der Waals surface area contributed by atoms with Gasteiger partial charge in [0.25, 0.3) is 5.91 Å². The standard InChI is InChI=1S/C15H20N6O2/c22-14(13-11-3-1-4-12(11)17-18-13)20-7-2-5-15(23,9-20)10-21-8-6-16-19-21/h6,8,23H,1-5,7,9-10H2,(H,17,18). The number of hydrogen-bond acceptors (Lipinski definition) is 5. The molecule has 0 radical (unpaired) electrons. The normalized spacial score (nSPS) is 24.0. The van der Waals surface area contributed by atoms with Crippen LogP contribution in [-0.4, -0.2) is 59.8 Å². The van der Waals surface area contributed by atoms with Crippen molar-refractivity contribution in [2.24, 2.45) is 0 Å². The number of aromatic amines is 1. The molecule has 2 aromatic rings. The SMILES string of the molecule is O=C(c1n[nH]c2c1CCC2)N1CCCC(O)(Cn2ccnn2)C1. The lowest BCUT2D eigenvalue weighted by Crippen LogP contribution is -2.52. The highest BCUT2D eigenvalue weighted by Gasteiger charge is 2.37. The zero-order valence-corrected chi connectivity index (χ0v) is 12.9. The molecule has 1 amide bonds. The summed E-state index contributed by atoms with van der Waals surface area (Å²) in [5, 5.41) is 25.7. The highest BCUT2D eigenvalue weighted by atomic mass is 16.3. The number of piperidine rings is 1. The quantitative estimate of drug-likeness (QED) is 0.840. The van der Waals surface area contributed by atoms with Crippen LogP contribution in [0.4, 0.5) is 0 Å². The van der Waals surface area contributed by atoms with Crippen LogP contribution in [0.1, 0.15) is 41.0 Å². The Kier molecular flexibility index (Phi) is 3.41. The van der Waals surface area contributed by atoms with E-state index in [4.69, 9.17) is 0 Å². The molecule has 2 N–H and O–H groups in total. The topological polar surface area (TPSA) is 99.9 Å². The zero-order valence-electron chi connectivity index (χ0n) is 12.9. The first-order valence-corrected chi connectivity index (χ1v) is 8.06. The second-order valence-corrected chi connectivity index (χ2v) is 6.54. The number of aryl methyl sites for hydroxylation is 1. The van der Waals surface area contributed by atoms with E-state index >= 15 is 0 Å². The average Bonchev–Trinajstić information content (AvgIpc) is 3.23. The van der Waals surface area contributed by atoms with Crippen LogP contribution in [0.15, 0.2) is 12.4 Å². The van der Waals surface area contributed by atoms with Gasteiger partial charge in [0.2, 0.25) is 0 Å². The van der Waals surface area contributed by atoms with Crippen molar-refractivity contribution in [1.82, 2.24) is 30.1 Å². The second-order valence-electron chi connectivity index (χ2n) is 6.54. The second kappa shape index (κ2) is 5.45. The number of aliphatic hydroxyl groups is 1. The number of nitrogens with zero attached hydrogens (tertiary/aromatic N) is 5. The van der Waals surface area contributed by atoms with Crippen molar-refractivity contribution in [3.63, 3.8) is 0 Å². The van der Waals surface area contributed by atoms with Crippen LogP contribution in [0, 0.1) is 0 Å². The Morgan fingerprint density at radius 3 is 3.13 bits per heavy atom. The van der Waals surface area contributed by atoms with Crippen LogP contribution < -0.4 is 0 Å². The molecule has 23 heavy (non-hydrogen) atoms. The van der Waals surface area contributed by atoms with Crippen LogP contribution in [0.3, 0.4) is 0 Å². The summed E-state index contributed by atoms with van der Waals surface area (Å²) in [6, 6.07) is 0. The fraction of sp³-hybridized carbons (Fsp3) is 0.600. The lowest BCUT2D eigenvalue weighted by atomic mass is 9.92. The summed E-state index contributed by atoms with van der Waals surface area (Å²) in [5.41, 5.74) is 1.70. The highest BCUT2D eigenvalue weighted by molar-refractivity contribution is 5.94. The van der Waals surface area contributed by atoms with Gasteiger partial charge in [-0.05, 0) is 32.1 Å². The predicted octanol–water partition coefficient (Wildman–Crippen LogP) is 0.157. The number of nitrogens with one attached hydrogen (secondary N) is 1. The molecule has 1 atom stereocenters. The van der Waals surface area contributed by atoms with Crippen molar-refractivity contribution in [3.8, 4) is 0 Å². The molecule has 122 valence electrons. The molecule has 0 saturated carbocycles. The molecule has 1 aliphatic carbocycles. The minimum absolute atomic E-state index is 0.0823. The Morgan fingerprint density at radius 1 is 1.39 bits per heavy atom. The van der Waals surface area contributed by atoms with E-state index in [-0.39, 0.29) is 5.91 Å². The molecular weight excluding hydrogens is 296 g/mol. The first-order chi connectivity index (χ1) is 11.1. The van der Waals surface area contributed by atoms with Crippen LogP contribution in [0.5, 0.6) is 0 Å². The van der Waals surface area contributed by atoms with E-state index in [1.54, 1.807) is 22.0 Å². The van der Waals surface area contributed by atoms with Crippen molar-refractivity contribution in [2.45, 2.75) is 44.2 Å². The van der Waals surface area contributed by atoms with Crippen LogP contribution >= 0.6 is 0 Å². The summed E-state index contributed by atoms with van der Waals surface area (Å²) >= 11 is 0. The molecule has 1 unspecified atom stereocenters. The predicted molar refractivity (Wildman–Crippen MR) is 80.7 cm³/mol. The maximum Gasteiger partial charge on any atom is 0.274 e. The van der Waals surface area contributed by atoms with E-state index in [0.29, 0.717) is 31.7 Å². The number of H-pyrrole nitrogens is 1. The van der Waals surface area contributed by atoms with Crippen molar-refractivity contribution >= 4 is 5.91 Å². The summed E-state index contributed by atoms with van der Waals surface area (Å²) in [6.07, 6.45) is 7.66. The molecule has 1 saturated heterocycles. The third-order valence-electron chi connectivity index (χ3n) is 4.78. The number of rotatable bonds is 3. The number of aromatic nitrogens is 5. The molecule has 2 aromatic heterocycles. The van der Waals surface area contributed by atoms with Gasteiger partial charge in [0.15, 0.2) is 5.69 Å². The third-order valence-corrected chi connectivity index (χ3v) is 4.78. The first-order valence-electron chi connectivity index (χ1n) is 8.06. The molecule has 3 heterocycles. The number of carbonyl (C=O) groups is 1. The van der Waals surface area contributed by atoms with E-state index in [1.807, 2.05) is 0 Å². The number of β-amino-alcohol motifs (C(OH)–C–C–N with tert-alkyl or cyclic N) is 1. The Balaban J connectivity index is 1.51. The van der Waals surface area contributed by atoms with Gasteiger partial charge in [-0.2, -0.15) is 5.10 Å². The van der Waals surface area contributed by atoms with Gasteiger partial charge in [-0.25, -0.2) is 4.68 Å². The third kappa shape index (κ3) is 2.63. The Hall–Kier alpha value is -2.22. The largest absolute Gasteiger partial charge is 0.386 e. The molecule has 8 heteroatoms. The van der Waals surface area contributed by atoms with Gasteiger partial charge in [-0.15, -0.1) is 5.10 Å². The van der Waals surface area contributed by atoms with E-state index in [1.165, 1.54) is 0 Å². The monoisotopic (exact) mass is 316 g/mol. The lowest BCUT2D eigenvalue weighted by Gasteiger charge is -2.38. The number of hydrogen-bond donors (Lipinski definition) is 2. The first kappa shape index (κ1) is 14.4. The molecule has 0 bridgehead atoms. The summed E-state index contributed by atoms with van der Waals surface area (Å²) < 4.78 is 1.61. The van der Waals surface area contributed by atoms with Crippen molar-refractivity contribution < 1.29 is 9.90 Å². The fourth-order valence-corrected chi connectivity index (χ4v) is 3.68. The summed E-state index contributed by atoms with van der Waals surface area (Å²) in [6.45, 7) is 1.29. The summed E-state index contributed by atoms with van der Waals surface area (Å²) in [4.78, 5) is 14.5. The number of amides is 1. The molecule has 8 nitrogen and oxygen atoms in total. The minimum atomic E-state index is -0.971. The molecule has 1 fully saturated rings. The molecule has 2 aliphatic rings. The zero-order chi connectivity index (χ0) is 15.9. The van der Waals surface area contributed by atoms with Gasteiger partial charge in [-0.3, -0.25) is 9.89 Å². The number of likely N-dealkylation sites (tertiary alicyclic amines) is 1. The van der Waals surface area contributed by atoms with Gasteiger partial charge in [0.05, 0.1) is 19.3 Å². The molecule has 4 rings (SSSR count). The van der Waals surface area contributed by atoms with Crippen LogP contribution in [0.25, 0.3) is 0 Å². The molecule has 0 aromatic carbocycles. The maximum absolute atomic E-state index is 12.8. The Labute approximate surface area is 133 Å². The van der Waals surface area contributed by atoms with Crippen molar-refractivity contribution in [1.29, 1.82) is 0 Å². The Bertz CT molecular complexity index is 710. The van der Waals surface area contributed by atoms with Crippen molar-refractivity contribution in [2.75, 3.05) is 13.1 Å². The van der Waals surface area contributed by atoms with E-state index in [9.17, 15) is 9.90 Å². The van der Waals surface area contributed by atoms with Gasteiger partial charge in [-0.1, -0.05) is 5.21 Å². The van der Waals surface area contributed by atoms with E-state index in [0.717, 1.165) is 36.9 Å². The molecule has 0 spiro atoms. The Morgan fingerprint density at radius 2 is 2.30 bits per heavy atom. The summed E-state index contributed by atoms with van der Waals surface area (Å²) in [7, 11) is 0. The molecular formula is C15H20N6O2. The van der Waals surface area contributed by atoms with Crippen molar-refractivity contribution in [3.05, 3.63) is 29.3 Å². The van der Waals surface area contributed by atoms with Crippen LogP contribution in [-0.2, 0) is 19.4 Å². The van der Waals surface area contributed by atoms with E-state index in [2.05, 4.69) is 20.5 Å². The maximum atomic E-state index is 12.8. The van der Waals surface area contributed by atoms with E-state index < -0.39 is 5.60 Å². The highest BCUT2D eigenvalue weighted by Crippen LogP contribution is 2.27. The molecule has 1 aliphatic heterocycles. The fourth-order valence-electron chi connectivity index (χ4n) is 3.68.